The van der Waals surface area contributed by atoms with Crippen LogP contribution in [-0.2, 0) is 16.0 Å². The molecule has 0 radical (unpaired) electrons. The molecule has 1 aromatic heterocycles. The number of aromatic nitrogens is 2. The second-order valence-electron chi connectivity index (χ2n) is 6.90. The van der Waals surface area contributed by atoms with E-state index in [9.17, 15) is 14.4 Å². The lowest BCUT2D eigenvalue weighted by molar-refractivity contribution is -0.153. The Morgan fingerprint density at radius 1 is 1.21 bits per heavy atom. The molecule has 2 saturated heterocycles. The SMILES string of the molecule is Cc1nc(C)c(CC(=O)N2CCCC23CCCN(C)C3=O)c(=O)[nH]1. The molecule has 2 aliphatic rings. The number of aryl methyl sites for hydroxylation is 2. The van der Waals surface area contributed by atoms with Crippen molar-refractivity contribution in [3.05, 3.63) is 27.4 Å². The number of carbonyl (C=O) groups is 2. The number of piperidine rings is 1. The second kappa shape index (κ2) is 6.03. The van der Waals surface area contributed by atoms with Crippen molar-refractivity contribution in [3.8, 4) is 0 Å². The molecule has 2 aliphatic heterocycles. The van der Waals surface area contributed by atoms with E-state index >= 15 is 0 Å². The third-order valence-electron chi connectivity index (χ3n) is 5.29. The van der Waals surface area contributed by atoms with E-state index in [4.69, 9.17) is 0 Å². The van der Waals surface area contributed by atoms with Gasteiger partial charge in [0.25, 0.3) is 5.56 Å². The highest BCUT2D eigenvalue weighted by molar-refractivity contribution is 5.93. The molecule has 1 N–H and O–H groups in total. The van der Waals surface area contributed by atoms with Crippen LogP contribution in [0.1, 0.15) is 42.8 Å². The molecule has 24 heavy (non-hydrogen) atoms. The molecule has 1 aromatic rings. The molecule has 0 aromatic carbocycles. The summed E-state index contributed by atoms with van der Waals surface area (Å²) in [5.74, 6) is 0.415. The zero-order valence-corrected chi connectivity index (χ0v) is 14.5. The van der Waals surface area contributed by atoms with Crippen molar-refractivity contribution in [2.75, 3.05) is 20.1 Å². The van der Waals surface area contributed by atoms with Crippen molar-refractivity contribution in [2.24, 2.45) is 0 Å². The smallest absolute Gasteiger partial charge is 0.254 e. The summed E-state index contributed by atoms with van der Waals surface area (Å²) in [4.78, 5) is 48.1. The van der Waals surface area contributed by atoms with Gasteiger partial charge in [0.1, 0.15) is 11.4 Å². The van der Waals surface area contributed by atoms with Gasteiger partial charge in [0, 0.05) is 31.4 Å². The van der Waals surface area contributed by atoms with Crippen LogP contribution >= 0.6 is 0 Å². The number of amides is 2. The Hall–Kier alpha value is -2.18. The Balaban J connectivity index is 1.87. The first kappa shape index (κ1) is 16.7. The van der Waals surface area contributed by atoms with Gasteiger partial charge in [-0.15, -0.1) is 0 Å². The highest BCUT2D eigenvalue weighted by atomic mass is 16.2. The average molecular weight is 332 g/mol. The monoisotopic (exact) mass is 332 g/mol. The van der Waals surface area contributed by atoms with Gasteiger partial charge in [-0.05, 0) is 39.5 Å². The number of hydrogen-bond acceptors (Lipinski definition) is 4. The van der Waals surface area contributed by atoms with E-state index < -0.39 is 5.54 Å². The number of hydrogen-bond donors (Lipinski definition) is 1. The molecule has 3 heterocycles. The average Bonchev–Trinajstić information content (AvgIpc) is 2.93. The minimum absolute atomic E-state index is 0.00676. The van der Waals surface area contributed by atoms with Crippen molar-refractivity contribution in [3.63, 3.8) is 0 Å². The van der Waals surface area contributed by atoms with E-state index in [1.165, 1.54) is 0 Å². The van der Waals surface area contributed by atoms with Crippen LogP contribution in [0.5, 0.6) is 0 Å². The summed E-state index contributed by atoms with van der Waals surface area (Å²) in [6, 6.07) is 0. The molecular weight excluding hydrogens is 308 g/mol. The van der Waals surface area contributed by atoms with Crippen LogP contribution in [0.3, 0.4) is 0 Å². The van der Waals surface area contributed by atoms with Gasteiger partial charge in [-0.25, -0.2) is 4.98 Å². The normalized spacial score (nSPS) is 24.0. The molecule has 1 spiro atoms. The summed E-state index contributed by atoms with van der Waals surface area (Å²) in [7, 11) is 1.79. The number of carbonyl (C=O) groups excluding carboxylic acids is 2. The zero-order valence-electron chi connectivity index (χ0n) is 14.5. The summed E-state index contributed by atoms with van der Waals surface area (Å²) in [6.45, 7) is 4.77. The molecule has 2 fully saturated rings. The zero-order chi connectivity index (χ0) is 17.5. The molecular formula is C17H24N4O3. The van der Waals surface area contributed by atoms with Crippen molar-refractivity contribution in [1.29, 1.82) is 0 Å². The minimum atomic E-state index is -0.705. The highest BCUT2D eigenvalue weighted by Crippen LogP contribution is 2.38. The van der Waals surface area contributed by atoms with E-state index in [1.807, 2.05) is 0 Å². The number of rotatable bonds is 2. The van der Waals surface area contributed by atoms with Gasteiger partial charge in [0.05, 0.1) is 6.42 Å². The van der Waals surface area contributed by atoms with Gasteiger partial charge >= 0.3 is 0 Å². The summed E-state index contributed by atoms with van der Waals surface area (Å²) in [5.41, 5.74) is -0.00837. The Labute approximate surface area is 141 Å². The Morgan fingerprint density at radius 2 is 1.88 bits per heavy atom. The summed E-state index contributed by atoms with van der Waals surface area (Å²) in [6.07, 6.45) is 3.14. The second-order valence-corrected chi connectivity index (χ2v) is 6.90. The topological polar surface area (TPSA) is 86.4 Å². The van der Waals surface area contributed by atoms with Gasteiger partial charge < -0.3 is 14.8 Å². The van der Waals surface area contributed by atoms with Crippen LogP contribution in [0.15, 0.2) is 4.79 Å². The molecule has 0 bridgehead atoms. The quantitative estimate of drug-likeness (QED) is 0.856. The van der Waals surface area contributed by atoms with Gasteiger partial charge in [0.2, 0.25) is 11.8 Å². The molecule has 0 aliphatic carbocycles. The Kier molecular flexibility index (Phi) is 4.19. The van der Waals surface area contributed by atoms with Crippen LogP contribution < -0.4 is 5.56 Å². The Morgan fingerprint density at radius 3 is 2.54 bits per heavy atom. The molecule has 3 rings (SSSR count). The maximum absolute atomic E-state index is 12.9. The lowest BCUT2D eigenvalue weighted by Crippen LogP contribution is -2.60. The van der Waals surface area contributed by atoms with Gasteiger partial charge in [-0.2, -0.15) is 0 Å². The van der Waals surface area contributed by atoms with Gasteiger partial charge in [-0.3, -0.25) is 14.4 Å². The van der Waals surface area contributed by atoms with Gasteiger partial charge in [-0.1, -0.05) is 0 Å². The third-order valence-corrected chi connectivity index (χ3v) is 5.29. The lowest BCUT2D eigenvalue weighted by Gasteiger charge is -2.43. The number of H-pyrrole nitrogens is 1. The predicted octanol–water partition coefficient (Wildman–Crippen LogP) is 0.543. The number of aromatic amines is 1. The molecule has 2 amide bonds. The van der Waals surface area contributed by atoms with Crippen LogP contribution in [0.4, 0.5) is 0 Å². The molecule has 130 valence electrons. The summed E-state index contributed by atoms with van der Waals surface area (Å²) < 4.78 is 0. The van der Waals surface area contributed by atoms with Gasteiger partial charge in [0.15, 0.2) is 0 Å². The number of likely N-dealkylation sites (tertiary alicyclic amines) is 2. The van der Waals surface area contributed by atoms with E-state index in [-0.39, 0.29) is 23.8 Å². The van der Waals surface area contributed by atoms with Crippen molar-refractivity contribution in [2.45, 2.75) is 51.5 Å². The first-order valence-electron chi connectivity index (χ1n) is 8.47. The summed E-state index contributed by atoms with van der Waals surface area (Å²) >= 11 is 0. The van der Waals surface area contributed by atoms with Crippen LogP contribution in [0, 0.1) is 13.8 Å². The molecule has 0 saturated carbocycles. The third kappa shape index (κ3) is 2.61. The minimum Gasteiger partial charge on any atom is -0.344 e. The van der Waals surface area contributed by atoms with Crippen molar-refractivity contribution >= 4 is 11.8 Å². The Bertz CT molecular complexity index is 742. The first-order valence-corrected chi connectivity index (χ1v) is 8.47. The maximum Gasteiger partial charge on any atom is 0.254 e. The van der Waals surface area contributed by atoms with Crippen LogP contribution in [-0.4, -0.2) is 57.3 Å². The predicted molar refractivity (Wildman–Crippen MR) is 88.6 cm³/mol. The molecule has 1 atom stereocenters. The molecule has 7 nitrogen and oxygen atoms in total. The van der Waals surface area contributed by atoms with Crippen LogP contribution in [0.2, 0.25) is 0 Å². The number of nitrogens with zero attached hydrogens (tertiary/aromatic N) is 3. The fourth-order valence-electron chi connectivity index (χ4n) is 4.10. The van der Waals surface area contributed by atoms with Crippen LogP contribution in [0.25, 0.3) is 0 Å². The molecule has 1 unspecified atom stereocenters. The fraction of sp³-hybridized carbons (Fsp3) is 0.647. The van der Waals surface area contributed by atoms with E-state index in [0.29, 0.717) is 36.5 Å². The maximum atomic E-state index is 12.9. The number of likely N-dealkylation sites (N-methyl/N-ethyl adjacent to an activating group) is 1. The van der Waals surface area contributed by atoms with E-state index in [2.05, 4.69) is 9.97 Å². The first-order chi connectivity index (χ1) is 11.3. The largest absolute Gasteiger partial charge is 0.344 e. The molecule has 7 heteroatoms. The van der Waals surface area contributed by atoms with Crippen molar-refractivity contribution in [1.82, 2.24) is 19.8 Å². The highest BCUT2D eigenvalue weighted by Gasteiger charge is 2.51. The van der Waals surface area contributed by atoms with E-state index in [1.54, 1.807) is 30.7 Å². The van der Waals surface area contributed by atoms with E-state index in [0.717, 1.165) is 19.4 Å². The fourth-order valence-corrected chi connectivity index (χ4v) is 4.10. The lowest BCUT2D eigenvalue weighted by atomic mass is 9.85. The number of nitrogens with one attached hydrogen (secondary N) is 1. The summed E-state index contributed by atoms with van der Waals surface area (Å²) in [5, 5.41) is 0. The van der Waals surface area contributed by atoms with Crippen molar-refractivity contribution < 1.29 is 9.59 Å². The standard InChI is InChI=1S/C17H24N4O3/c1-11-13(15(23)19-12(2)18-11)10-14(22)21-9-5-7-17(21)6-4-8-20(3)16(17)24/h4-10H2,1-3H3,(H,18,19,23).